The minimum atomic E-state index is 0.294. The second kappa shape index (κ2) is 8.32. The first kappa shape index (κ1) is 19.9. The van der Waals surface area contributed by atoms with Crippen LogP contribution < -0.4 is 0 Å². The Morgan fingerprint density at radius 1 is 0.576 bits per heavy atom. The molecule has 3 heteroatoms. The molecule has 6 aromatic rings. The smallest absolute Gasteiger partial charge is 0.0457 e. The van der Waals surface area contributed by atoms with Crippen LogP contribution in [0, 0.1) is 0 Å². The summed E-state index contributed by atoms with van der Waals surface area (Å²) in [6.45, 7) is 2.30. The molecule has 0 aliphatic rings. The second-order valence-corrected chi connectivity index (χ2v) is 9.14. The third-order valence-corrected chi connectivity index (χ3v) is 7.21. The lowest BCUT2D eigenvalue weighted by Crippen LogP contribution is -2.08. The van der Waals surface area contributed by atoms with E-state index >= 15 is 0 Å². The SMILES string of the molecule is CCCC(CC(c1c[nH]c2ccccc12)c1c[nH]c2ccccc12)c1c[nH]c2ccccc12. The van der Waals surface area contributed by atoms with Gasteiger partial charge in [-0.3, -0.25) is 0 Å². The normalized spacial score (nSPS) is 12.9. The average Bonchev–Trinajstić information content (AvgIpc) is 3.59. The first-order valence-corrected chi connectivity index (χ1v) is 12.0. The average molecular weight is 432 g/mol. The van der Waals surface area contributed by atoms with Crippen LogP contribution >= 0.6 is 0 Å². The van der Waals surface area contributed by atoms with E-state index in [0.29, 0.717) is 11.8 Å². The van der Waals surface area contributed by atoms with Gasteiger partial charge in [-0.15, -0.1) is 0 Å². The van der Waals surface area contributed by atoms with Crippen molar-refractivity contribution in [2.24, 2.45) is 0 Å². The van der Waals surface area contributed by atoms with E-state index in [0.717, 1.165) is 6.42 Å². The molecule has 0 bridgehead atoms. The van der Waals surface area contributed by atoms with E-state index in [9.17, 15) is 0 Å². The quantitative estimate of drug-likeness (QED) is 0.228. The molecule has 0 saturated heterocycles. The zero-order valence-electron chi connectivity index (χ0n) is 18.9. The summed E-state index contributed by atoms with van der Waals surface area (Å²) in [4.78, 5) is 10.6. The molecule has 1 unspecified atom stereocenters. The number of rotatable bonds is 7. The molecule has 3 nitrogen and oxygen atoms in total. The summed E-state index contributed by atoms with van der Waals surface area (Å²) in [5.74, 6) is 0.765. The summed E-state index contributed by atoms with van der Waals surface area (Å²) in [5.41, 5.74) is 7.85. The topological polar surface area (TPSA) is 47.4 Å². The molecule has 1 atom stereocenters. The van der Waals surface area contributed by atoms with Gasteiger partial charge in [0.25, 0.3) is 0 Å². The van der Waals surface area contributed by atoms with Gasteiger partial charge in [0.1, 0.15) is 0 Å². The summed E-state index contributed by atoms with van der Waals surface area (Å²) in [6.07, 6.45) is 10.1. The van der Waals surface area contributed by atoms with E-state index in [1.165, 1.54) is 62.2 Å². The van der Waals surface area contributed by atoms with Gasteiger partial charge in [-0.1, -0.05) is 67.9 Å². The number of nitrogens with one attached hydrogen (secondary N) is 3. The van der Waals surface area contributed by atoms with Gasteiger partial charge in [0.05, 0.1) is 0 Å². The van der Waals surface area contributed by atoms with Crippen molar-refractivity contribution < 1.29 is 0 Å². The predicted molar refractivity (Wildman–Crippen MR) is 139 cm³/mol. The Balaban J connectivity index is 1.51. The minimum Gasteiger partial charge on any atom is -0.361 e. The summed E-state index contributed by atoms with van der Waals surface area (Å²) >= 11 is 0. The minimum absolute atomic E-state index is 0.294. The molecule has 0 saturated carbocycles. The highest BCUT2D eigenvalue weighted by atomic mass is 14.7. The third kappa shape index (κ3) is 3.45. The maximum Gasteiger partial charge on any atom is 0.0457 e. The van der Waals surface area contributed by atoms with Crippen LogP contribution in [0.3, 0.4) is 0 Å². The van der Waals surface area contributed by atoms with Gasteiger partial charge in [-0.05, 0) is 53.6 Å². The maximum absolute atomic E-state index is 3.53. The van der Waals surface area contributed by atoms with Crippen LogP contribution in [0.25, 0.3) is 32.7 Å². The number of para-hydroxylation sites is 3. The van der Waals surface area contributed by atoms with Gasteiger partial charge in [0.2, 0.25) is 0 Å². The van der Waals surface area contributed by atoms with E-state index in [1.54, 1.807) is 0 Å². The lowest BCUT2D eigenvalue weighted by Gasteiger charge is -2.24. The second-order valence-electron chi connectivity index (χ2n) is 9.14. The lowest BCUT2D eigenvalue weighted by atomic mass is 9.79. The fraction of sp³-hybridized carbons (Fsp3) is 0.200. The van der Waals surface area contributed by atoms with Gasteiger partial charge in [0, 0.05) is 57.2 Å². The van der Waals surface area contributed by atoms with Crippen molar-refractivity contribution >= 4 is 32.7 Å². The van der Waals surface area contributed by atoms with Gasteiger partial charge < -0.3 is 15.0 Å². The van der Waals surface area contributed by atoms with Crippen LogP contribution in [0.2, 0.25) is 0 Å². The van der Waals surface area contributed by atoms with Crippen molar-refractivity contribution in [2.75, 3.05) is 0 Å². The molecule has 6 rings (SSSR count). The first-order chi connectivity index (χ1) is 16.3. The Kier molecular flexibility index (Phi) is 5.03. The standard InChI is InChI=1S/C30H29N3/c1-2-9-20(25-17-31-28-13-6-3-10-21(25)28)16-24(26-18-32-29-14-7-4-11-22(26)29)27-19-33-30-15-8-5-12-23(27)30/h3-8,10-15,17-20,24,31-33H,2,9,16H2,1H3. The fourth-order valence-corrected chi connectivity index (χ4v) is 5.65. The summed E-state index contributed by atoms with van der Waals surface area (Å²) in [7, 11) is 0. The zero-order chi connectivity index (χ0) is 22.2. The van der Waals surface area contributed by atoms with Crippen molar-refractivity contribution in [3.63, 3.8) is 0 Å². The molecule has 0 amide bonds. The zero-order valence-corrected chi connectivity index (χ0v) is 18.9. The number of aromatic amines is 3. The summed E-state index contributed by atoms with van der Waals surface area (Å²) in [5, 5.41) is 4.00. The van der Waals surface area contributed by atoms with Gasteiger partial charge in [0.15, 0.2) is 0 Å². The first-order valence-electron chi connectivity index (χ1n) is 12.0. The van der Waals surface area contributed by atoms with Crippen LogP contribution in [0.15, 0.2) is 91.4 Å². The van der Waals surface area contributed by atoms with E-state index in [2.05, 4.69) is 113 Å². The number of hydrogen-bond donors (Lipinski definition) is 3. The molecular weight excluding hydrogens is 402 g/mol. The molecule has 3 heterocycles. The van der Waals surface area contributed by atoms with Crippen LogP contribution in [0.4, 0.5) is 0 Å². The van der Waals surface area contributed by atoms with Crippen molar-refractivity contribution in [1.82, 2.24) is 15.0 Å². The highest BCUT2D eigenvalue weighted by Crippen LogP contribution is 2.43. The molecular formula is C30H29N3. The number of aromatic nitrogens is 3. The molecule has 0 radical (unpaired) electrons. The highest BCUT2D eigenvalue weighted by Gasteiger charge is 2.26. The van der Waals surface area contributed by atoms with E-state index in [1.807, 2.05) is 0 Å². The van der Waals surface area contributed by atoms with Gasteiger partial charge in [-0.2, -0.15) is 0 Å². The Morgan fingerprint density at radius 2 is 1.00 bits per heavy atom. The van der Waals surface area contributed by atoms with Crippen LogP contribution in [-0.2, 0) is 0 Å². The van der Waals surface area contributed by atoms with E-state index in [-0.39, 0.29) is 0 Å². The number of benzene rings is 3. The van der Waals surface area contributed by atoms with Gasteiger partial charge in [-0.25, -0.2) is 0 Å². The van der Waals surface area contributed by atoms with Crippen molar-refractivity contribution in [2.45, 2.75) is 38.0 Å². The van der Waals surface area contributed by atoms with Crippen LogP contribution in [0.1, 0.15) is 54.7 Å². The van der Waals surface area contributed by atoms with Crippen LogP contribution in [0.5, 0.6) is 0 Å². The molecule has 3 N–H and O–H groups in total. The predicted octanol–water partition coefficient (Wildman–Crippen LogP) is 8.24. The monoisotopic (exact) mass is 431 g/mol. The van der Waals surface area contributed by atoms with E-state index in [4.69, 9.17) is 0 Å². The molecule has 3 aromatic carbocycles. The molecule has 33 heavy (non-hydrogen) atoms. The number of fused-ring (bicyclic) bond motifs is 3. The molecule has 164 valence electrons. The molecule has 0 aliphatic carbocycles. The van der Waals surface area contributed by atoms with Crippen molar-refractivity contribution in [3.05, 3.63) is 108 Å². The Bertz CT molecular complexity index is 1460. The largest absolute Gasteiger partial charge is 0.361 e. The van der Waals surface area contributed by atoms with Crippen molar-refractivity contribution in [3.8, 4) is 0 Å². The Morgan fingerprint density at radius 3 is 1.48 bits per heavy atom. The molecule has 0 aliphatic heterocycles. The van der Waals surface area contributed by atoms with E-state index < -0.39 is 0 Å². The van der Waals surface area contributed by atoms with Gasteiger partial charge >= 0.3 is 0 Å². The third-order valence-electron chi connectivity index (χ3n) is 7.21. The number of hydrogen-bond acceptors (Lipinski definition) is 0. The Labute approximate surface area is 193 Å². The summed E-state index contributed by atoms with van der Waals surface area (Å²) in [6, 6.07) is 26.1. The summed E-state index contributed by atoms with van der Waals surface area (Å²) < 4.78 is 0. The van der Waals surface area contributed by atoms with Crippen molar-refractivity contribution in [1.29, 1.82) is 0 Å². The molecule has 0 spiro atoms. The fourth-order valence-electron chi connectivity index (χ4n) is 5.65. The Hall–Kier alpha value is -3.72. The lowest BCUT2D eigenvalue weighted by molar-refractivity contribution is 0.540. The molecule has 0 fully saturated rings. The molecule has 3 aromatic heterocycles. The number of H-pyrrole nitrogens is 3. The van der Waals surface area contributed by atoms with Crippen LogP contribution in [-0.4, -0.2) is 15.0 Å². The highest BCUT2D eigenvalue weighted by molar-refractivity contribution is 5.88. The maximum atomic E-state index is 3.53.